The molecule has 0 saturated carbocycles. The van der Waals surface area contributed by atoms with E-state index in [0.29, 0.717) is 6.04 Å². The van der Waals surface area contributed by atoms with Gasteiger partial charge in [0.1, 0.15) is 0 Å². The van der Waals surface area contributed by atoms with Crippen LogP contribution in [0.25, 0.3) is 0 Å². The lowest BCUT2D eigenvalue weighted by atomic mass is 9.89. The summed E-state index contributed by atoms with van der Waals surface area (Å²) < 4.78 is 0. The van der Waals surface area contributed by atoms with E-state index in [1.807, 2.05) is 0 Å². The number of nitrogens with one attached hydrogen (secondary N) is 1. The minimum Gasteiger partial charge on any atom is -0.310 e. The lowest BCUT2D eigenvalue weighted by Gasteiger charge is -2.20. The maximum atomic E-state index is 3.66. The summed E-state index contributed by atoms with van der Waals surface area (Å²) >= 11 is 0. The van der Waals surface area contributed by atoms with Gasteiger partial charge in [-0.05, 0) is 74.6 Å². The van der Waals surface area contributed by atoms with Crippen LogP contribution in [0.1, 0.15) is 69.2 Å². The molecule has 19 heavy (non-hydrogen) atoms. The number of hydrogen-bond donors (Lipinski definition) is 1. The quantitative estimate of drug-likeness (QED) is 0.733. The summed E-state index contributed by atoms with van der Waals surface area (Å²) in [5, 5.41) is 3.66. The normalized spacial score (nSPS) is 16.4. The van der Waals surface area contributed by atoms with Crippen molar-refractivity contribution in [2.75, 3.05) is 6.54 Å². The van der Waals surface area contributed by atoms with Crippen molar-refractivity contribution in [1.82, 2.24) is 5.32 Å². The zero-order chi connectivity index (χ0) is 13.7. The van der Waals surface area contributed by atoms with Crippen LogP contribution in [0.15, 0.2) is 18.2 Å². The highest BCUT2D eigenvalue weighted by Gasteiger charge is 2.12. The third-order valence-corrected chi connectivity index (χ3v) is 4.28. The fourth-order valence-corrected chi connectivity index (χ4v) is 2.97. The van der Waals surface area contributed by atoms with E-state index in [2.05, 4.69) is 44.3 Å². The predicted molar refractivity (Wildman–Crippen MR) is 83.6 cm³/mol. The van der Waals surface area contributed by atoms with Crippen LogP contribution in [0, 0.1) is 5.92 Å². The van der Waals surface area contributed by atoms with Crippen molar-refractivity contribution in [3.8, 4) is 0 Å². The molecule has 1 aliphatic carbocycles. The van der Waals surface area contributed by atoms with Crippen LogP contribution in [-0.4, -0.2) is 6.54 Å². The molecule has 0 spiro atoms. The summed E-state index contributed by atoms with van der Waals surface area (Å²) in [6.45, 7) is 8.02. The van der Waals surface area contributed by atoms with Crippen molar-refractivity contribution >= 4 is 0 Å². The lowest BCUT2D eigenvalue weighted by molar-refractivity contribution is 0.497. The third-order valence-electron chi connectivity index (χ3n) is 4.28. The molecule has 0 aliphatic heterocycles. The predicted octanol–water partition coefficient (Wildman–Crippen LogP) is 4.65. The Hall–Kier alpha value is -0.820. The molecule has 1 aromatic carbocycles. The molecule has 1 aromatic rings. The summed E-state index contributed by atoms with van der Waals surface area (Å²) in [5.41, 5.74) is 4.65. The molecule has 1 heteroatoms. The van der Waals surface area contributed by atoms with Crippen molar-refractivity contribution < 1.29 is 0 Å². The topological polar surface area (TPSA) is 12.0 Å². The third kappa shape index (κ3) is 4.35. The monoisotopic (exact) mass is 259 g/mol. The van der Waals surface area contributed by atoms with Crippen molar-refractivity contribution in [3.63, 3.8) is 0 Å². The molecule has 1 atom stereocenters. The Morgan fingerprint density at radius 1 is 1.05 bits per heavy atom. The SMILES string of the molecule is CC(C)CCCNC(C)c1ccc2c(c1)CCCC2. The molecule has 1 unspecified atom stereocenters. The highest BCUT2D eigenvalue weighted by molar-refractivity contribution is 5.35. The van der Waals surface area contributed by atoms with Gasteiger partial charge >= 0.3 is 0 Å². The van der Waals surface area contributed by atoms with Gasteiger partial charge in [-0.25, -0.2) is 0 Å². The number of benzene rings is 1. The Morgan fingerprint density at radius 3 is 2.53 bits per heavy atom. The fraction of sp³-hybridized carbons (Fsp3) is 0.667. The first kappa shape index (κ1) is 14.6. The maximum Gasteiger partial charge on any atom is 0.0291 e. The second-order valence-corrected chi connectivity index (χ2v) is 6.45. The Kier molecular flexibility index (Phi) is 5.45. The average molecular weight is 259 g/mol. The second-order valence-electron chi connectivity index (χ2n) is 6.45. The van der Waals surface area contributed by atoms with Crippen LogP contribution in [0.4, 0.5) is 0 Å². The van der Waals surface area contributed by atoms with Gasteiger partial charge in [0.15, 0.2) is 0 Å². The summed E-state index contributed by atoms with van der Waals surface area (Å²) in [4.78, 5) is 0. The van der Waals surface area contributed by atoms with Crippen LogP contribution in [0.2, 0.25) is 0 Å². The van der Waals surface area contributed by atoms with Crippen LogP contribution in [-0.2, 0) is 12.8 Å². The highest BCUT2D eigenvalue weighted by atomic mass is 14.9. The maximum absolute atomic E-state index is 3.66. The van der Waals surface area contributed by atoms with Gasteiger partial charge in [0.25, 0.3) is 0 Å². The zero-order valence-corrected chi connectivity index (χ0v) is 12.8. The molecule has 1 aliphatic rings. The second kappa shape index (κ2) is 7.09. The largest absolute Gasteiger partial charge is 0.310 e. The summed E-state index contributed by atoms with van der Waals surface area (Å²) in [6, 6.07) is 7.61. The molecule has 0 heterocycles. The van der Waals surface area contributed by atoms with Gasteiger partial charge < -0.3 is 5.32 Å². The van der Waals surface area contributed by atoms with E-state index in [0.717, 1.165) is 12.5 Å². The Balaban J connectivity index is 1.86. The summed E-state index contributed by atoms with van der Waals surface area (Å²) in [7, 11) is 0. The number of aryl methyl sites for hydroxylation is 2. The molecule has 0 aromatic heterocycles. The first-order valence-electron chi connectivity index (χ1n) is 8.02. The number of fused-ring (bicyclic) bond motifs is 1. The minimum absolute atomic E-state index is 0.486. The fourth-order valence-electron chi connectivity index (χ4n) is 2.97. The van der Waals surface area contributed by atoms with Crippen LogP contribution >= 0.6 is 0 Å². The van der Waals surface area contributed by atoms with Gasteiger partial charge in [-0.3, -0.25) is 0 Å². The van der Waals surface area contributed by atoms with Gasteiger partial charge in [-0.1, -0.05) is 32.0 Å². The van der Waals surface area contributed by atoms with Crippen molar-refractivity contribution in [2.24, 2.45) is 5.92 Å². The van der Waals surface area contributed by atoms with E-state index in [9.17, 15) is 0 Å². The minimum atomic E-state index is 0.486. The van der Waals surface area contributed by atoms with Gasteiger partial charge in [0.2, 0.25) is 0 Å². The van der Waals surface area contributed by atoms with Crippen molar-refractivity contribution in [3.05, 3.63) is 34.9 Å². The molecule has 0 saturated heterocycles. The highest BCUT2D eigenvalue weighted by Crippen LogP contribution is 2.24. The Bertz CT molecular complexity index is 395. The smallest absolute Gasteiger partial charge is 0.0291 e. The molecule has 0 amide bonds. The van der Waals surface area contributed by atoms with E-state index in [1.54, 1.807) is 11.1 Å². The molecule has 0 radical (unpaired) electrons. The zero-order valence-electron chi connectivity index (χ0n) is 12.8. The molecular formula is C18H29N. The summed E-state index contributed by atoms with van der Waals surface area (Å²) in [6.07, 6.45) is 7.91. The average Bonchev–Trinajstić information content (AvgIpc) is 2.42. The molecule has 106 valence electrons. The van der Waals surface area contributed by atoms with E-state index in [1.165, 1.54) is 44.1 Å². The number of rotatable bonds is 6. The van der Waals surface area contributed by atoms with Crippen LogP contribution in [0.3, 0.4) is 0 Å². The Morgan fingerprint density at radius 2 is 1.79 bits per heavy atom. The van der Waals surface area contributed by atoms with Crippen molar-refractivity contribution in [1.29, 1.82) is 0 Å². The Labute approximate surface area is 118 Å². The standard InChI is InChI=1S/C18H29N/c1-14(2)7-6-12-19-15(3)17-11-10-16-8-4-5-9-18(16)13-17/h10-11,13-15,19H,4-9,12H2,1-3H3. The van der Waals surface area contributed by atoms with Gasteiger partial charge in [0, 0.05) is 6.04 Å². The first-order valence-corrected chi connectivity index (χ1v) is 8.02. The van der Waals surface area contributed by atoms with Crippen LogP contribution < -0.4 is 5.32 Å². The van der Waals surface area contributed by atoms with E-state index < -0.39 is 0 Å². The molecule has 1 nitrogen and oxygen atoms in total. The van der Waals surface area contributed by atoms with Gasteiger partial charge in [-0.15, -0.1) is 0 Å². The molecule has 1 N–H and O–H groups in total. The van der Waals surface area contributed by atoms with E-state index in [-0.39, 0.29) is 0 Å². The molecule has 2 rings (SSSR count). The number of hydrogen-bond acceptors (Lipinski definition) is 1. The molecular weight excluding hydrogens is 230 g/mol. The lowest BCUT2D eigenvalue weighted by Crippen LogP contribution is -2.20. The van der Waals surface area contributed by atoms with E-state index >= 15 is 0 Å². The van der Waals surface area contributed by atoms with E-state index in [4.69, 9.17) is 0 Å². The van der Waals surface area contributed by atoms with Crippen LogP contribution in [0.5, 0.6) is 0 Å². The molecule has 0 fully saturated rings. The first-order chi connectivity index (χ1) is 9.16. The van der Waals surface area contributed by atoms with Gasteiger partial charge in [-0.2, -0.15) is 0 Å². The van der Waals surface area contributed by atoms with Gasteiger partial charge in [0.05, 0.1) is 0 Å². The van der Waals surface area contributed by atoms with Crippen molar-refractivity contribution in [2.45, 2.75) is 65.3 Å². The molecule has 0 bridgehead atoms. The summed E-state index contributed by atoms with van der Waals surface area (Å²) in [5.74, 6) is 0.820.